The second kappa shape index (κ2) is 7.77. The predicted octanol–water partition coefficient (Wildman–Crippen LogP) is 1.21. The lowest BCUT2D eigenvalue weighted by Gasteiger charge is -2.32. The molecule has 0 bridgehead atoms. The second-order valence-electron chi connectivity index (χ2n) is 6.77. The molecule has 2 heterocycles. The minimum absolute atomic E-state index is 0.0664. The van der Waals surface area contributed by atoms with Gasteiger partial charge in [0, 0.05) is 39.6 Å². The van der Waals surface area contributed by atoms with Crippen molar-refractivity contribution >= 4 is 11.8 Å². The summed E-state index contributed by atoms with van der Waals surface area (Å²) in [4.78, 5) is 30.3. The zero-order valence-electron chi connectivity index (χ0n) is 14.0. The van der Waals surface area contributed by atoms with E-state index in [2.05, 4.69) is 18.4 Å². The van der Waals surface area contributed by atoms with Crippen LogP contribution in [0.1, 0.15) is 26.2 Å². The maximum Gasteiger partial charge on any atom is 0.227 e. The topological polar surface area (TPSA) is 43.9 Å². The van der Waals surface area contributed by atoms with Gasteiger partial charge in [-0.1, -0.05) is 13.0 Å². The van der Waals surface area contributed by atoms with Gasteiger partial charge in [0.25, 0.3) is 0 Å². The fourth-order valence-electron chi connectivity index (χ4n) is 3.27. The molecule has 5 nitrogen and oxygen atoms in total. The first-order valence-electron chi connectivity index (χ1n) is 8.37. The number of nitrogens with zero attached hydrogens (tertiary/aromatic N) is 3. The first kappa shape index (κ1) is 17.0. The van der Waals surface area contributed by atoms with Crippen LogP contribution in [-0.4, -0.2) is 72.8 Å². The Morgan fingerprint density at radius 1 is 1.41 bits per heavy atom. The highest BCUT2D eigenvalue weighted by molar-refractivity contribution is 5.89. The van der Waals surface area contributed by atoms with Crippen LogP contribution >= 0.6 is 0 Å². The van der Waals surface area contributed by atoms with E-state index in [0.29, 0.717) is 19.5 Å². The van der Waals surface area contributed by atoms with Crippen LogP contribution in [0.2, 0.25) is 0 Å². The lowest BCUT2D eigenvalue weighted by Crippen LogP contribution is -2.42. The van der Waals surface area contributed by atoms with Gasteiger partial charge in [0.2, 0.25) is 11.8 Å². The minimum atomic E-state index is -0.182. The van der Waals surface area contributed by atoms with Crippen molar-refractivity contribution in [2.75, 3.05) is 46.3 Å². The van der Waals surface area contributed by atoms with Crippen molar-refractivity contribution < 1.29 is 9.59 Å². The first-order chi connectivity index (χ1) is 10.5. The van der Waals surface area contributed by atoms with Gasteiger partial charge in [0.05, 0.1) is 5.92 Å². The van der Waals surface area contributed by atoms with Crippen molar-refractivity contribution in [1.82, 2.24) is 14.7 Å². The highest BCUT2D eigenvalue weighted by Gasteiger charge is 2.35. The molecular weight excluding hydrogens is 278 g/mol. The number of likely N-dealkylation sites (N-methyl/N-ethyl adjacent to an activating group) is 1. The Kier molecular flexibility index (Phi) is 6.00. The molecule has 0 aromatic heterocycles. The highest BCUT2D eigenvalue weighted by Crippen LogP contribution is 2.20. The minimum Gasteiger partial charge on any atom is -0.344 e. The zero-order valence-corrected chi connectivity index (χ0v) is 14.0. The molecule has 0 spiro atoms. The van der Waals surface area contributed by atoms with Gasteiger partial charge in [-0.15, -0.1) is 6.58 Å². The molecule has 2 rings (SSSR count). The van der Waals surface area contributed by atoms with E-state index in [-0.39, 0.29) is 17.7 Å². The number of likely N-dealkylation sites (tertiary alicyclic amines) is 2. The number of rotatable bonds is 6. The third kappa shape index (κ3) is 4.32. The number of hydrogen-bond donors (Lipinski definition) is 0. The number of piperidine rings is 1. The summed E-state index contributed by atoms with van der Waals surface area (Å²) in [5.41, 5.74) is 0. The first-order valence-corrected chi connectivity index (χ1v) is 8.37. The molecule has 124 valence electrons. The van der Waals surface area contributed by atoms with E-state index in [1.807, 2.05) is 7.05 Å². The second-order valence-corrected chi connectivity index (χ2v) is 6.77. The molecule has 2 fully saturated rings. The maximum absolute atomic E-state index is 12.5. The SMILES string of the molecule is C=CCN1CC(C(=O)N(C)CCN2CCC(C)CC2)CC1=O. The number of carbonyl (C=O) groups excluding carboxylic acids is 2. The largest absolute Gasteiger partial charge is 0.344 e. The number of hydrogen-bond acceptors (Lipinski definition) is 3. The quantitative estimate of drug-likeness (QED) is 0.693. The van der Waals surface area contributed by atoms with Gasteiger partial charge in [0.1, 0.15) is 0 Å². The van der Waals surface area contributed by atoms with Crippen molar-refractivity contribution in [3.63, 3.8) is 0 Å². The van der Waals surface area contributed by atoms with Crippen LogP contribution in [0.5, 0.6) is 0 Å². The average molecular weight is 307 g/mol. The number of amides is 2. The van der Waals surface area contributed by atoms with Crippen LogP contribution in [-0.2, 0) is 9.59 Å². The fourth-order valence-corrected chi connectivity index (χ4v) is 3.27. The van der Waals surface area contributed by atoms with Crippen LogP contribution < -0.4 is 0 Å². The monoisotopic (exact) mass is 307 g/mol. The highest BCUT2D eigenvalue weighted by atomic mass is 16.2. The molecule has 2 amide bonds. The molecular formula is C17H29N3O2. The lowest BCUT2D eigenvalue weighted by molar-refractivity contribution is -0.134. The van der Waals surface area contributed by atoms with E-state index >= 15 is 0 Å². The molecule has 22 heavy (non-hydrogen) atoms. The Labute approximate surface area is 133 Å². The predicted molar refractivity (Wildman–Crippen MR) is 87.4 cm³/mol. The summed E-state index contributed by atoms with van der Waals surface area (Å²) in [6.45, 7) is 11.0. The molecule has 0 aromatic carbocycles. The van der Waals surface area contributed by atoms with Crippen LogP contribution in [0.4, 0.5) is 0 Å². The Morgan fingerprint density at radius 3 is 2.73 bits per heavy atom. The third-order valence-corrected chi connectivity index (χ3v) is 4.92. The van der Waals surface area contributed by atoms with E-state index in [4.69, 9.17) is 0 Å². The summed E-state index contributed by atoms with van der Waals surface area (Å²) in [6.07, 6.45) is 4.57. The molecule has 0 aliphatic carbocycles. The van der Waals surface area contributed by atoms with Crippen molar-refractivity contribution in [1.29, 1.82) is 0 Å². The summed E-state index contributed by atoms with van der Waals surface area (Å²) in [5, 5.41) is 0. The molecule has 1 unspecified atom stereocenters. The van der Waals surface area contributed by atoms with E-state index in [0.717, 1.165) is 32.1 Å². The summed E-state index contributed by atoms with van der Waals surface area (Å²) in [7, 11) is 1.86. The molecule has 2 saturated heterocycles. The molecule has 0 N–H and O–H groups in total. The standard InChI is InChI=1S/C17H29N3O2/c1-4-7-20-13-15(12-16(20)21)17(22)18(3)10-11-19-8-5-14(2)6-9-19/h4,14-15H,1,5-13H2,2-3H3. The Hall–Kier alpha value is -1.36. The Balaban J connectivity index is 1.75. The van der Waals surface area contributed by atoms with Crippen LogP contribution in [0.25, 0.3) is 0 Å². The summed E-state index contributed by atoms with van der Waals surface area (Å²) in [5.74, 6) is 0.816. The molecule has 2 aliphatic heterocycles. The summed E-state index contributed by atoms with van der Waals surface area (Å²) >= 11 is 0. The normalized spacial score (nSPS) is 23.8. The molecule has 5 heteroatoms. The van der Waals surface area contributed by atoms with Gasteiger partial charge in [-0.2, -0.15) is 0 Å². The third-order valence-electron chi connectivity index (χ3n) is 4.92. The zero-order chi connectivity index (χ0) is 16.1. The summed E-state index contributed by atoms with van der Waals surface area (Å²) in [6, 6.07) is 0. The van der Waals surface area contributed by atoms with Gasteiger partial charge in [-0.05, 0) is 31.8 Å². The average Bonchev–Trinajstić information content (AvgIpc) is 2.87. The molecule has 2 aliphatic rings. The van der Waals surface area contributed by atoms with Crippen molar-refractivity contribution in [3.8, 4) is 0 Å². The molecule has 1 atom stereocenters. The van der Waals surface area contributed by atoms with E-state index < -0.39 is 0 Å². The van der Waals surface area contributed by atoms with Gasteiger partial charge >= 0.3 is 0 Å². The van der Waals surface area contributed by atoms with E-state index in [1.165, 1.54) is 12.8 Å². The van der Waals surface area contributed by atoms with Crippen molar-refractivity contribution in [2.24, 2.45) is 11.8 Å². The van der Waals surface area contributed by atoms with E-state index in [9.17, 15) is 9.59 Å². The Bertz CT molecular complexity index is 416. The van der Waals surface area contributed by atoms with Gasteiger partial charge < -0.3 is 14.7 Å². The van der Waals surface area contributed by atoms with E-state index in [1.54, 1.807) is 15.9 Å². The summed E-state index contributed by atoms with van der Waals surface area (Å²) < 4.78 is 0. The smallest absolute Gasteiger partial charge is 0.227 e. The Morgan fingerprint density at radius 2 is 2.09 bits per heavy atom. The maximum atomic E-state index is 12.5. The van der Waals surface area contributed by atoms with Gasteiger partial charge in [-0.25, -0.2) is 0 Å². The van der Waals surface area contributed by atoms with Gasteiger partial charge in [0.15, 0.2) is 0 Å². The van der Waals surface area contributed by atoms with Gasteiger partial charge in [-0.3, -0.25) is 9.59 Å². The molecule has 0 aromatic rings. The van der Waals surface area contributed by atoms with Crippen LogP contribution in [0, 0.1) is 11.8 Å². The lowest BCUT2D eigenvalue weighted by atomic mass is 9.99. The molecule has 0 saturated carbocycles. The van der Waals surface area contributed by atoms with Crippen molar-refractivity contribution in [2.45, 2.75) is 26.2 Å². The fraction of sp³-hybridized carbons (Fsp3) is 0.765. The number of carbonyl (C=O) groups is 2. The van der Waals surface area contributed by atoms with Crippen LogP contribution in [0.3, 0.4) is 0 Å². The van der Waals surface area contributed by atoms with Crippen LogP contribution in [0.15, 0.2) is 12.7 Å². The van der Waals surface area contributed by atoms with Crippen molar-refractivity contribution in [3.05, 3.63) is 12.7 Å². The molecule has 0 radical (unpaired) electrons.